The lowest BCUT2D eigenvalue weighted by atomic mass is 9.96. The summed E-state index contributed by atoms with van der Waals surface area (Å²) in [7, 11) is -1.94. The summed E-state index contributed by atoms with van der Waals surface area (Å²) in [6.07, 6.45) is 5.18. The molecule has 7 heteroatoms. The van der Waals surface area contributed by atoms with Crippen LogP contribution in [0.4, 0.5) is 11.4 Å². The lowest BCUT2D eigenvalue weighted by Gasteiger charge is -2.30. The monoisotopic (exact) mass is 317 g/mol. The molecule has 0 spiro atoms. The number of nitrogens with zero attached hydrogens (tertiary/aromatic N) is 1. The van der Waals surface area contributed by atoms with Gasteiger partial charge in [-0.25, -0.2) is 0 Å². The van der Waals surface area contributed by atoms with Crippen LogP contribution in [-0.4, -0.2) is 25.8 Å². The van der Waals surface area contributed by atoms with E-state index in [1.807, 2.05) is 0 Å². The van der Waals surface area contributed by atoms with E-state index in [9.17, 15) is 8.42 Å². The molecule has 1 fully saturated rings. The fraction of sp³-hybridized carbons (Fsp3) is 0.538. The molecule has 3 N–H and O–H groups in total. The van der Waals surface area contributed by atoms with Gasteiger partial charge < -0.3 is 5.73 Å². The van der Waals surface area contributed by atoms with Crippen LogP contribution in [0.25, 0.3) is 0 Å². The Bertz CT molecular complexity index is 571. The molecule has 112 valence electrons. The number of halogens is 1. The van der Waals surface area contributed by atoms with Crippen molar-refractivity contribution in [3.8, 4) is 0 Å². The van der Waals surface area contributed by atoms with E-state index >= 15 is 0 Å². The summed E-state index contributed by atoms with van der Waals surface area (Å²) < 4.78 is 28.6. The van der Waals surface area contributed by atoms with Gasteiger partial charge in [0.1, 0.15) is 0 Å². The average molecular weight is 318 g/mol. The zero-order chi connectivity index (χ0) is 14.8. The summed E-state index contributed by atoms with van der Waals surface area (Å²) in [6.45, 7) is 0. The van der Waals surface area contributed by atoms with Crippen LogP contribution in [0.3, 0.4) is 0 Å². The molecule has 0 saturated heterocycles. The van der Waals surface area contributed by atoms with Gasteiger partial charge in [0.25, 0.3) is 0 Å². The van der Waals surface area contributed by atoms with Crippen molar-refractivity contribution in [3.05, 3.63) is 23.2 Å². The third-order valence-electron chi connectivity index (χ3n) is 3.72. The van der Waals surface area contributed by atoms with Crippen molar-refractivity contribution >= 4 is 33.2 Å². The lowest BCUT2D eigenvalue weighted by Crippen LogP contribution is -2.41. The maximum atomic E-state index is 12.3. The second kappa shape index (κ2) is 6.20. The molecular weight excluding hydrogens is 298 g/mol. The highest BCUT2D eigenvalue weighted by Gasteiger charge is 2.27. The summed E-state index contributed by atoms with van der Waals surface area (Å²) in [5.74, 6) is 0. The van der Waals surface area contributed by atoms with E-state index in [0.29, 0.717) is 16.4 Å². The molecule has 0 unspecified atom stereocenters. The van der Waals surface area contributed by atoms with E-state index in [-0.39, 0.29) is 6.04 Å². The van der Waals surface area contributed by atoms with Crippen LogP contribution in [0, 0.1) is 0 Å². The van der Waals surface area contributed by atoms with E-state index < -0.39 is 10.2 Å². The van der Waals surface area contributed by atoms with Crippen LogP contribution < -0.4 is 10.5 Å². The minimum atomic E-state index is -3.56. The summed E-state index contributed by atoms with van der Waals surface area (Å²) in [5.41, 5.74) is 6.46. The van der Waals surface area contributed by atoms with Crippen molar-refractivity contribution in [1.29, 1.82) is 0 Å². The van der Waals surface area contributed by atoms with Crippen LogP contribution >= 0.6 is 11.6 Å². The fourth-order valence-corrected chi connectivity index (χ4v) is 3.81. The number of nitrogens with two attached hydrogens (primary N) is 1. The van der Waals surface area contributed by atoms with Gasteiger partial charge in [-0.2, -0.15) is 12.7 Å². The molecule has 0 radical (unpaired) electrons. The number of nitrogen functional groups attached to an aromatic ring is 1. The Kier molecular flexibility index (Phi) is 4.78. The Morgan fingerprint density at radius 3 is 2.55 bits per heavy atom. The molecule has 1 aromatic carbocycles. The summed E-state index contributed by atoms with van der Waals surface area (Å²) in [6, 6.07) is 4.78. The third-order valence-corrected chi connectivity index (χ3v) is 5.59. The van der Waals surface area contributed by atoms with E-state index in [0.717, 1.165) is 25.7 Å². The highest BCUT2D eigenvalue weighted by atomic mass is 35.5. The first-order valence-corrected chi connectivity index (χ1v) is 8.53. The summed E-state index contributed by atoms with van der Waals surface area (Å²) in [5, 5.41) is 0.338. The molecule has 1 aliphatic carbocycles. The lowest BCUT2D eigenvalue weighted by molar-refractivity contribution is 0.287. The van der Waals surface area contributed by atoms with E-state index in [2.05, 4.69) is 4.72 Å². The molecule has 0 bridgehead atoms. The van der Waals surface area contributed by atoms with Crippen molar-refractivity contribution in [2.24, 2.45) is 0 Å². The number of benzene rings is 1. The number of hydrogen-bond acceptors (Lipinski definition) is 3. The number of anilines is 2. The molecule has 1 saturated carbocycles. The van der Waals surface area contributed by atoms with Crippen molar-refractivity contribution in [3.63, 3.8) is 0 Å². The van der Waals surface area contributed by atoms with Gasteiger partial charge in [-0.15, -0.1) is 0 Å². The predicted molar refractivity (Wildman–Crippen MR) is 83.0 cm³/mol. The van der Waals surface area contributed by atoms with Gasteiger partial charge in [0.2, 0.25) is 0 Å². The fourth-order valence-electron chi connectivity index (χ4n) is 2.45. The molecule has 0 aliphatic heterocycles. The SMILES string of the molecule is CN(C1CCCCC1)S(=O)(=O)Nc1ccc(N)c(Cl)c1. The highest BCUT2D eigenvalue weighted by Crippen LogP contribution is 2.26. The van der Waals surface area contributed by atoms with Crippen LogP contribution in [0.15, 0.2) is 18.2 Å². The third kappa shape index (κ3) is 3.56. The van der Waals surface area contributed by atoms with Crippen LogP contribution in [0.2, 0.25) is 5.02 Å². The first-order chi connectivity index (χ1) is 9.40. The Morgan fingerprint density at radius 1 is 1.30 bits per heavy atom. The smallest absolute Gasteiger partial charge is 0.301 e. The average Bonchev–Trinajstić information content (AvgIpc) is 2.43. The molecular formula is C13H20ClN3O2S. The molecule has 0 atom stereocenters. The molecule has 0 heterocycles. The van der Waals surface area contributed by atoms with Gasteiger partial charge in [-0.1, -0.05) is 30.9 Å². The van der Waals surface area contributed by atoms with Gasteiger partial charge >= 0.3 is 10.2 Å². The Labute approximate surface area is 125 Å². The minimum Gasteiger partial charge on any atom is -0.398 e. The summed E-state index contributed by atoms with van der Waals surface area (Å²) in [4.78, 5) is 0. The molecule has 1 aliphatic rings. The van der Waals surface area contributed by atoms with Crippen molar-refractivity contribution in [2.75, 3.05) is 17.5 Å². The molecule has 5 nitrogen and oxygen atoms in total. The Hall–Kier alpha value is -0.980. The van der Waals surface area contributed by atoms with Crippen LogP contribution in [-0.2, 0) is 10.2 Å². The second-order valence-corrected chi connectivity index (χ2v) is 7.29. The quantitative estimate of drug-likeness (QED) is 0.838. The Balaban J connectivity index is 2.11. The minimum absolute atomic E-state index is 0.0745. The first-order valence-electron chi connectivity index (χ1n) is 6.71. The van der Waals surface area contributed by atoms with Crippen molar-refractivity contribution < 1.29 is 8.42 Å². The van der Waals surface area contributed by atoms with E-state index in [1.165, 1.54) is 16.8 Å². The molecule has 1 aromatic rings. The normalized spacial score (nSPS) is 17.4. The molecule has 0 aromatic heterocycles. The maximum absolute atomic E-state index is 12.3. The van der Waals surface area contributed by atoms with Gasteiger partial charge in [0.15, 0.2) is 0 Å². The predicted octanol–water partition coefficient (Wildman–Crippen LogP) is 2.84. The second-order valence-electron chi connectivity index (χ2n) is 5.15. The zero-order valence-electron chi connectivity index (χ0n) is 11.5. The standard InChI is InChI=1S/C13H20ClN3O2S/c1-17(11-5-3-2-4-6-11)20(18,19)16-10-7-8-13(15)12(14)9-10/h7-9,11,16H,2-6,15H2,1H3. The van der Waals surface area contributed by atoms with Gasteiger partial charge in [-0.05, 0) is 31.0 Å². The van der Waals surface area contributed by atoms with Crippen LogP contribution in [0.1, 0.15) is 32.1 Å². The maximum Gasteiger partial charge on any atom is 0.301 e. The largest absolute Gasteiger partial charge is 0.398 e. The molecule has 2 rings (SSSR count). The highest BCUT2D eigenvalue weighted by molar-refractivity contribution is 7.90. The molecule has 20 heavy (non-hydrogen) atoms. The Morgan fingerprint density at radius 2 is 1.95 bits per heavy atom. The van der Waals surface area contributed by atoms with E-state index in [1.54, 1.807) is 19.2 Å². The number of nitrogens with one attached hydrogen (secondary N) is 1. The molecule has 0 amide bonds. The van der Waals surface area contributed by atoms with Gasteiger partial charge in [-0.3, -0.25) is 4.72 Å². The number of rotatable bonds is 4. The first kappa shape index (κ1) is 15.4. The number of hydrogen-bond donors (Lipinski definition) is 2. The van der Waals surface area contributed by atoms with Gasteiger partial charge in [0, 0.05) is 13.1 Å². The zero-order valence-corrected chi connectivity index (χ0v) is 13.0. The van der Waals surface area contributed by atoms with Crippen LogP contribution in [0.5, 0.6) is 0 Å². The van der Waals surface area contributed by atoms with Gasteiger partial charge in [0.05, 0.1) is 16.4 Å². The summed E-state index contributed by atoms with van der Waals surface area (Å²) >= 11 is 5.90. The van der Waals surface area contributed by atoms with E-state index in [4.69, 9.17) is 17.3 Å². The topological polar surface area (TPSA) is 75.4 Å². The van der Waals surface area contributed by atoms with Crippen molar-refractivity contribution in [2.45, 2.75) is 38.1 Å². The van der Waals surface area contributed by atoms with Crippen molar-refractivity contribution in [1.82, 2.24) is 4.31 Å².